The van der Waals surface area contributed by atoms with Crippen LogP contribution in [0.5, 0.6) is 0 Å². The quantitative estimate of drug-likeness (QED) is 0.783. The number of carbonyl (C=O) groups excluding carboxylic acids is 1. The van der Waals surface area contributed by atoms with Crippen molar-refractivity contribution in [3.63, 3.8) is 0 Å². The van der Waals surface area contributed by atoms with Gasteiger partial charge in [0.25, 0.3) is 10.2 Å². The molecule has 0 atom stereocenters. The molecule has 0 aromatic carbocycles. The summed E-state index contributed by atoms with van der Waals surface area (Å²) in [5.41, 5.74) is 0.255. The Morgan fingerprint density at radius 2 is 2.21 bits per heavy atom. The van der Waals surface area contributed by atoms with Crippen LogP contribution in [0.4, 0.5) is 5.00 Å². The van der Waals surface area contributed by atoms with Crippen LogP contribution < -0.4 is 9.44 Å². The third-order valence-corrected chi connectivity index (χ3v) is 4.69. The monoisotopic (exact) mass is 304 g/mol. The molecule has 6 nitrogen and oxygen atoms in total. The number of thiophene rings is 1. The van der Waals surface area contributed by atoms with Gasteiger partial charge in [0.05, 0.1) is 12.2 Å². The zero-order valence-electron chi connectivity index (χ0n) is 10.7. The first-order chi connectivity index (χ1) is 8.91. The van der Waals surface area contributed by atoms with E-state index in [0.717, 1.165) is 17.7 Å². The van der Waals surface area contributed by atoms with Crippen LogP contribution in [0.1, 0.15) is 35.0 Å². The van der Waals surface area contributed by atoms with Gasteiger partial charge in [0.1, 0.15) is 5.00 Å². The number of rotatable bonds is 6. The topological polar surface area (TPSA) is 84.5 Å². The van der Waals surface area contributed by atoms with Gasteiger partial charge in [-0.05, 0) is 32.8 Å². The minimum atomic E-state index is -3.63. The number of ether oxygens (including phenoxy) is 1. The molecule has 0 saturated heterocycles. The van der Waals surface area contributed by atoms with E-state index in [9.17, 15) is 13.2 Å². The maximum atomic E-state index is 11.8. The van der Waals surface area contributed by atoms with Crippen molar-refractivity contribution in [2.75, 3.05) is 11.3 Å². The average Bonchev–Trinajstić information content (AvgIpc) is 3.00. The smallest absolute Gasteiger partial charge is 0.341 e. The molecule has 1 heterocycles. The first-order valence-electron chi connectivity index (χ1n) is 5.99. The largest absolute Gasteiger partial charge is 0.462 e. The highest BCUT2D eigenvalue weighted by Crippen LogP contribution is 2.29. The van der Waals surface area contributed by atoms with E-state index in [4.69, 9.17) is 4.74 Å². The van der Waals surface area contributed by atoms with Crippen molar-refractivity contribution in [3.8, 4) is 0 Å². The Morgan fingerprint density at radius 3 is 2.79 bits per heavy atom. The summed E-state index contributed by atoms with van der Waals surface area (Å²) < 4.78 is 33.5. The average molecular weight is 304 g/mol. The highest BCUT2D eigenvalue weighted by atomic mass is 32.2. The highest BCUT2D eigenvalue weighted by molar-refractivity contribution is 7.91. The summed E-state index contributed by atoms with van der Waals surface area (Å²) in [7, 11) is -3.63. The van der Waals surface area contributed by atoms with E-state index in [0.29, 0.717) is 5.00 Å². The Labute approximate surface area is 116 Å². The molecule has 8 heteroatoms. The lowest BCUT2D eigenvalue weighted by molar-refractivity contribution is 0.0528. The highest BCUT2D eigenvalue weighted by Gasteiger charge is 2.28. The second-order valence-electron chi connectivity index (χ2n) is 4.32. The molecule has 0 amide bonds. The normalized spacial score (nSPS) is 15.3. The van der Waals surface area contributed by atoms with Gasteiger partial charge in [-0.15, -0.1) is 11.3 Å². The van der Waals surface area contributed by atoms with E-state index in [1.807, 2.05) is 0 Å². The molecular formula is C11H16N2O4S2. The lowest BCUT2D eigenvalue weighted by Gasteiger charge is -2.08. The van der Waals surface area contributed by atoms with Crippen molar-refractivity contribution >= 4 is 32.5 Å². The number of anilines is 1. The number of hydrogen-bond donors (Lipinski definition) is 2. The van der Waals surface area contributed by atoms with Gasteiger partial charge in [-0.2, -0.15) is 13.1 Å². The van der Waals surface area contributed by atoms with Gasteiger partial charge in [-0.25, -0.2) is 4.79 Å². The fraction of sp³-hybridized carbons (Fsp3) is 0.545. The Balaban J connectivity index is 2.17. The maximum absolute atomic E-state index is 11.8. The number of hydrogen-bond acceptors (Lipinski definition) is 5. The number of esters is 1. The van der Waals surface area contributed by atoms with Crippen LogP contribution in [0.2, 0.25) is 0 Å². The predicted molar refractivity (Wildman–Crippen MR) is 73.7 cm³/mol. The van der Waals surface area contributed by atoms with Crippen molar-refractivity contribution in [1.82, 2.24) is 4.72 Å². The fourth-order valence-electron chi connectivity index (χ4n) is 1.52. The Kier molecular flexibility index (Phi) is 4.12. The van der Waals surface area contributed by atoms with Gasteiger partial charge in [0.2, 0.25) is 0 Å². The van der Waals surface area contributed by atoms with Crippen LogP contribution in [0.15, 0.2) is 6.07 Å². The second-order valence-corrected chi connectivity index (χ2v) is 7.02. The van der Waals surface area contributed by atoms with Gasteiger partial charge in [-0.1, -0.05) is 0 Å². The first-order valence-corrected chi connectivity index (χ1v) is 8.29. The molecule has 1 aliphatic rings. The van der Waals surface area contributed by atoms with Crippen LogP contribution >= 0.6 is 11.3 Å². The summed E-state index contributed by atoms with van der Waals surface area (Å²) in [5.74, 6) is -0.518. The Bertz CT molecular complexity index is 576. The van der Waals surface area contributed by atoms with Crippen molar-refractivity contribution < 1.29 is 17.9 Å². The molecule has 1 aromatic rings. The third-order valence-electron chi connectivity index (χ3n) is 2.48. The summed E-state index contributed by atoms with van der Waals surface area (Å²) in [4.78, 5) is 12.6. The molecule has 2 rings (SSSR count). The Hall–Kier alpha value is -1.12. The number of nitrogens with one attached hydrogen (secondary N) is 2. The minimum absolute atomic E-state index is 0.0182. The van der Waals surface area contributed by atoms with Crippen LogP contribution in [0, 0.1) is 6.92 Å². The van der Waals surface area contributed by atoms with Crippen molar-refractivity contribution in [2.45, 2.75) is 32.7 Å². The molecule has 0 unspecified atom stereocenters. The van der Waals surface area contributed by atoms with Crippen molar-refractivity contribution in [2.24, 2.45) is 0 Å². The van der Waals surface area contributed by atoms with Gasteiger partial charge in [0.15, 0.2) is 0 Å². The van der Waals surface area contributed by atoms with E-state index in [1.54, 1.807) is 19.9 Å². The summed E-state index contributed by atoms with van der Waals surface area (Å²) in [6.45, 7) is 3.76. The van der Waals surface area contributed by atoms with Crippen molar-refractivity contribution in [1.29, 1.82) is 0 Å². The lowest BCUT2D eigenvalue weighted by Crippen LogP contribution is -2.31. The zero-order chi connectivity index (χ0) is 14.0. The molecule has 19 heavy (non-hydrogen) atoms. The van der Waals surface area contributed by atoms with Gasteiger partial charge in [0, 0.05) is 10.9 Å². The third kappa shape index (κ3) is 3.92. The van der Waals surface area contributed by atoms with Gasteiger partial charge >= 0.3 is 5.97 Å². The fourth-order valence-corrected chi connectivity index (χ4v) is 3.86. The van der Waals surface area contributed by atoms with Gasteiger partial charge < -0.3 is 4.74 Å². The second kappa shape index (κ2) is 5.48. The van der Waals surface area contributed by atoms with Crippen LogP contribution in [0.25, 0.3) is 0 Å². The molecule has 1 saturated carbocycles. The first kappa shape index (κ1) is 14.3. The summed E-state index contributed by atoms with van der Waals surface area (Å²) in [6, 6.07) is 1.64. The molecule has 106 valence electrons. The summed E-state index contributed by atoms with van der Waals surface area (Å²) in [6.07, 6.45) is 1.71. The summed E-state index contributed by atoms with van der Waals surface area (Å²) >= 11 is 1.21. The zero-order valence-corrected chi connectivity index (χ0v) is 12.4. The van der Waals surface area contributed by atoms with Gasteiger partial charge in [-0.3, -0.25) is 4.72 Å². The lowest BCUT2D eigenvalue weighted by atomic mass is 10.3. The van der Waals surface area contributed by atoms with Crippen LogP contribution in [0.3, 0.4) is 0 Å². The molecule has 2 N–H and O–H groups in total. The molecule has 1 aromatic heterocycles. The molecule has 0 bridgehead atoms. The van der Waals surface area contributed by atoms with Crippen molar-refractivity contribution in [3.05, 3.63) is 16.5 Å². The van der Waals surface area contributed by atoms with E-state index in [-0.39, 0.29) is 18.2 Å². The van der Waals surface area contributed by atoms with E-state index < -0.39 is 16.2 Å². The molecule has 0 spiro atoms. The molecular weight excluding hydrogens is 288 g/mol. The molecule has 0 aliphatic heterocycles. The molecule has 1 fully saturated rings. The van der Waals surface area contributed by atoms with E-state index >= 15 is 0 Å². The molecule has 0 radical (unpaired) electrons. The number of aryl methyl sites for hydroxylation is 1. The minimum Gasteiger partial charge on any atom is -0.462 e. The SMILES string of the molecule is CCOC(=O)c1cc(C)sc1NS(=O)(=O)NC1CC1. The maximum Gasteiger partial charge on any atom is 0.341 e. The summed E-state index contributed by atoms with van der Waals surface area (Å²) in [5, 5.41) is 0.295. The van der Waals surface area contributed by atoms with Crippen LogP contribution in [-0.4, -0.2) is 27.0 Å². The van der Waals surface area contributed by atoms with E-state index in [2.05, 4.69) is 9.44 Å². The predicted octanol–water partition coefficient (Wildman–Crippen LogP) is 1.64. The van der Waals surface area contributed by atoms with Crippen LogP contribution in [-0.2, 0) is 14.9 Å². The standard InChI is InChI=1S/C11H16N2O4S2/c1-3-17-11(14)9-6-7(2)18-10(9)13-19(15,16)12-8-4-5-8/h6,8,12-13H,3-5H2,1-2H3. The number of carbonyl (C=O) groups is 1. The molecule has 1 aliphatic carbocycles. The van der Waals surface area contributed by atoms with E-state index in [1.165, 1.54) is 11.3 Å². The Morgan fingerprint density at radius 1 is 1.53 bits per heavy atom.